The topological polar surface area (TPSA) is 96.5 Å². The number of nitrogens with zero attached hydrogens (tertiary/aromatic N) is 3. The van der Waals surface area contributed by atoms with Gasteiger partial charge in [0, 0.05) is 17.6 Å². The van der Waals surface area contributed by atoms with Gasteiger partial charge in [-0.25, -0.2) is 0 Å². The smallest absolute Gasteiger partial charge is 0.282 e. The van der Waals surface area contributed by atoms with Crippen LogP contribution in [0.2, 0.25) is 5.02 Å². The summed E-state index contributed by atoms with van der Waals surface area (Å²) in [6.45, 7) is 0.593. The van der Waals surface area contributed by atoms with Crippen LogP contribution in [0, 0.1) is 21.4 Å². The molecule has 104 valence electrons. The first-order chi connectivity index (χ1) is 9.54. The van der Waals surface area contributed by atoms with E-state index in [-0.39, 0.29) is 36.0 Å². The van der Waals surface area contributed by atoms with Crippen molar-refractivity contribution in [3.8, 4) is 6.07 Å². The van der Waals surface area contributed by atoms with Crippen molar-refractivity contribution in [3.05, 3.63) is 38.9 Å². The molecule has 1 unspecified atom stereocenters. The van der Waals surface area contributed by atoms with Crippen molar-refractivity contribution in [1.29, 1.82) is 5.26 Å². The van der Waals surface area contributed by atoms with Gasteiger partial charge in [0.1, 0.15) is 11.6 Å². The van der Waals surface area contributed by atoms with Gasteiger partial charge in [-0.3, -0.25) is 14.9 Å². The minimum absolute atomic E-state index is 0.0939. The van der Waals surface area contributed by atoms with Crippen molar-refractivity contribution < 1.29 is 14.5 Å². The van der Waals surface area contributed by atoms with Gasteiger partial charge < -0.3 is 9.64 Å². The molecule has 7 nitrogen and oxygen atoms in total. The molecule has 1 aliphatic rings. The number of benzene rings is 1. The van der Waals surface area contributed by atoms with Crippen molar-refractivity contribution in [3.63, 3.8) is 0 Å². The Bertz CT molecular complexity index is 599. The first-order valence-corrected chi connectivity index (χ1v) is 6.14. The van der Waals surface area contributed by atoms with E-state index < -0.39 is 16.9 Å². The molecule has 1 amide bonds. The molecule has 0 saturated carbocycles. The molecule has 0 aromatic heterocycles. The third-order valence-corrected chi connectivity index (χ3v) is 3.16. The predicted octanol–water partition coefficient (Wildman–Crippen LogP) is 1.61. The number of hydrogen-bond donors (Lipinski definition) is 0. The first-order valence-electron chi connectivity index (χ1n) is 5.77. The summed E-state index contributed by atoms with van der Waals surface area (Å²) in [6.07, 6.45) is 0. The molecule has 0 radical (unpaired) electrons. The number of hydrogen-bond acceptors (Lipinski definition) is 5. The maximum Gasteiger partial charge on any atom is 0.282 e. The zero-order valence-electron chi connectivity index (χ0n) is 10.3. The molecule has 1 atom stereocenters. The molecule has 1 aromatic carbocycles. The molecule has 2 rings (SSSR count). The molecule has 1 fully saturated rings. The fraction of sp³-hybridized carbons (Fsp3) is 0.333. The molecule has 1 aromatic rings. The average Bonchev–Trinajstić information content (AvgIpc) is 2.46. The quantitative estimate of drug-likeness (QED) is 0.610. The van der Waals surface area contributed by atoms with Crippen LogP contribution in [0.25, 0.3) is 0 Å². The van der Waals surface area contributed by atoms with Gasteiger partial charge >= 0.3 is 0 Å². The number of nitriles is 1. The number of nitro groups is 1. The van der Waals surface area contributed by atoms with E-state index in [1.54, 1.807) is 0 Å². The van der Waals surface area contributed by atoms with Crippen molar-refractivity contribution >= 4 is 23.2 Å². The number of nitro benzene ring substituents is 1. The van der Waals surface area contributed by atoms with E-state index in [9.17, 15) is 14.9 Å². The first kappa shape index (κ1) is 14.2. The minimum Gasteiger partial charge on any atom is -0.376 e. The van der Waals surface area contributed by atoms with Crippen LogP contribution in [-0.4, -0.2) is 41.5 Å². The van der Waals surface area contributed by atoms with Crippen LogP contribution in [0.4, 0.5) is 5.69 Å². The van der Waals surface area contributed by atoms with E-state index in [2.05, 4.69) is 0 Å². The molecule has 0 N–H and O–H groups in total. The van der Waals surface area contributed by atoms with Gasteiger partial charge in [0.15, 0.2) is 0 Å². The maximum atomic E-state index is 12.4. The van der Waals surface area contributed by atoms with Crippen LogP contribution >= 0.6 is 11.6 Å². The Morgan fingerprint density at radius 1 is 1.60 bits per heavy atom. The number of morpholine rings is 1. The zero-order valence-corrected chi connectivity index (χ0v) is 11.0. The summed E-state index contributed by atoms with van der Waals surface area (Å²) in [6, 6.07) is 4.96. The lowest BCUT2D eigenvalue weighted by Gasteiger charge is -2.31. The van der Waals surface area contributed by atoms with Crippen molar-refractivity contribution in [2.45, 2.75) is 6.04 Å². The Kier molecular flexibility index (Phi) is 4.17. The number of carbonyl (C=O) groups is 1. The molecule has 8 heteroatoms. The monoisotopic (exact) mass is 295 g/mol. The largest absolute Gasteiger partial charge is 0.376 e. The van der Waals surface area contributed by atoms with E-state index in [0.29, 0.717) is 0 Å². The molecule has 1 heterocycles. The Morgan fingerprint density at radius 2 is 2.35 bits per heavy atom. The molecular weight excluding hydrogens is 286 g/mol. The second kappa shape index (κ2) is 5.86. The Morgan fingerprint density at radius 3 is 3.00 bits per heavy atom. The lowest BCUT2D eigenvalue weighted by molar-refractivity contribution is -0.385. The second-order valence-corrected chi connectivity index (χ2v) is 4.57. The van der Waals surface area contributed by atoms with Crippen LogP contribution < -0.4 is 0 Å². The standard InChI is InChI=1S/C12H10ClN3O4/c13-8-1-2-11(16(18)19)10(5-8)12(17)15-3-4-20-7-9(15)6-14/h1-2,5,9H,3-4,7H2. The fourth-order valence-corrected chi connectivity index (χ4v) is 2.12. The van der Waals surface area contributed by atoms with Crippen LogP contribution in [0.3, 0.4) is 0 Å². The van der Waals surface area contributed by atoms with Crippen molar-refractivity contribution in [1.82, 2.24) is 4.90 Å². The molecule has 0 bridgehead atoms. The van der Waals surface area contributed by atoms with Crippen molar-refractivity contribution in [2.75, 3.05) is 19.8 Å². The van der Waals surface area contributed by atoms with E-state index >= 15 is 0 Å². The molecule has 1 saturated heterocycles. The number of rotatable bonds is 2. The molecule has 0 spiro atoms. The third-order valence-electron chi connectivity index (χ3n) is 2.92. The molecular formula is C12H10ClN3O4. The fourth-order valence-electron chi connectivity index (χ4n) is 1.95. The summed E-state index contributed by atoms with van der Waals surface area (Å²) in [5.41, 5.74) is -0.452. The number of ether oxygens (including phenoxy) is 1. The number of halogens is 1. The lowest BCUT2D eigenvalue weighted by atomic mass is 10.1. The summed E-state index contributed by atoms with van der Waals surface area (Å²) in [5.74, 6) is -0.589. The summed E-state index contributed by atoms with van der Waals surface area (Å²) in [7, 11) is 0. The molecule has 0 aliphatic carbocycles. The van der Waals surface area contributed by atoms with E-state index in [0.717, 1.165) is 0 Å². The SMILES string of the molecule is N#CC1COCCN1C(=O)c1cc(Cl)ccc1[N+](=O)[O-]. The predicted molar refractivity (Wildman–Crippen MR) is 69.4 cm³/mol. The third kappa shape index (κ3) is 2.71. The van der Waals surface area contributed by atoms with Gasteiger partial charge in [-0.15, -0.1) is 0 Å². The Balaban J connectivity index is 2.40. The Labute approximate surface area is 119 Å². The summed E-state index contributed by atoms with van der Waals surface area (Å²) in [5, 5.41) is 20.2. The summed E-state index contributed by atoms with van der Waals surface area (Å²) in [4.78, 5) is 24.0. The zero-order chi connectivity index (χ0) is 14.7. The number of carbonyl (C=O) groups excluding carboxylic acids is 1. The van der Waals surface area contributed by atoms with Gasteiger partial charge in [0.2, 0.25) is 0 Å². The van der Waals surface area contributed by atoms with Crippen LogP contribution in [0.1, 0.15) is 10.4 Å². The summed E-state index contributed by atoms with van der Waals surface area (Å²) >= 11 is 5.79. The van der Waals surface area contributed by atoms with Gasteiger partial charge in [0.25, 0.3) is 11.6 Å². The summed E-state index contributed by atoms with van der Waals surface area (Å²) < 4.78 is 5.11. The normalized spacial score (nSPS) is 18.4. The highest BCUT2D eigenvalue weighted by Gasteiger charge is 2.31. The minimum atomic E-state index is -0.755. The average molecular weight is 296 g/mol. The van der Waals surface area contributed by atoms with Gasteiger partial charge in [-0.1, -0.05) is 11.6 Å². The Hall–Kier alpha value is -2.17. The maximum absolute atomic E-state index is 12.4. The molecule has 20 heavy (non-hydrogen) atoms. The van der Waals surface area contributed by atoms with Crippen LogP contribution in [-0.2, 0) is 4.74 Å². The second-order valence-electron chi connectivity index (χ2n) is 4.14. The van der Waals surface area contributed by atoms with Crippen LogP contribution in [0.5, 0.6) is 0 Å². The van der Waals surface area contributed by atoms with Crippen molar-refractivity contribution in [2.24, 2.45) is 0 Å². The van der Waals surface area contributed by atoms with E-state index in [4.69, 9.17) is 21.6 Å². The van der Waals surface area contributed by atoms with Gasteiger partial charge in [-0.2, -0.15) is 5.26 Å². The van der Waals surface area contributed by atoms with E-state index in [1.165, 1.54) is 23.1 Å². The van der Waals surface area contributed by atoms with Gasteiger partial charge in [-0.05, 0) is 12.1 Å². The van der Waals surface area contributed by atoms with Gasteiger partial charge in [0.05, 0.1) is 24.2 Å². The van der Waals surface area contributed by atoms with E-state index in [1.807, 2.05) is 6.07 Å². The lowest BCUT2D eigenvalue weighted by Crippen LogP contribution is -2.48. The number of amides is 1. The highest BCUT2D eigenvalue weighted by molar-refractivity contribution is 6.31. The highest BCUT2D eigenvalue weighted by Crippen LogP contribution is 2.25. The van der Waals surface area contributed by atoms with Crippen LogP contribution in [0.15, 0.2) is 18.2 Å². The molecule has 1 aliphatic heterocycles. The highest BCUT2D eigenvalue weighted by atomic mass is 35.5.